The number of hydrogen-bond acceptors (Lipinski definition) is 0. The third-order valence-corrected chi connectivity index (χ3v) is 2.77. The molecule has 19 heavy (non-hydrogen) atoms. The van der Waals surface area contributed by atoms with Gasteiger partial charge < -0.3 is 0 Å². The van der Waals surface area contributed by atoms with E-state index in [4.69, 9.17) is 0 Å². The van der Waals surface area contributed by atoms with Crippen molar-refractivity contribution in [2.45, 2.75) is 67.2 Å². The average molecular weight is 262 g/mol. The van der Waals surface area contributed by atoms with Gasteiger partial charge in [-0.2, -0.15) is 0 Å². The minimum Gasteiger partial charge on any atom is -0.0961 e. The van der Waals surface area contributed by atoms with Crippen molar-refractivity contribution < 1.29 is 0 Å². The van der Waals surface area contributed by atoms with Crippen molar-refractivity contribution in [3.8, 4) is 0 Å². The van der Waals surface area contributed by atoms with Gasteiger partial charge in [0.15, 0.2) is 0 Å². The highest BCUT2D eigenvalue weighted by Gasteiger charge is 2.01. The highest BCUT2D eigenvalue weighted by molar-refractivity contribution is 5.22. The second-order valence-electron chi connectivity index (χ2n) is 5.34. The molecule has 0 heterocycles. The maximum Gasteiger partial charge on any atom is -0.0282 e. The summed E-state index contributed by atoms with van der Waals surface area (Å²) in [4.78, 5) is 0. The van der Waals surface area contributed by atoms with Crippen LogP contribution >= 0.6 is 0 Å². The number of hydrogen-bond donors (Lipinski definition) is 0. The summed E-state index contributed by atoms with van der Waals surface area (Å²) >= 11 is 0. The molecule has 0 aliphatic carbocycles. The molecular weight excluding hydrogens is 228 g/mol. The Kier molecular flexibility index (Phi) is 14.3. The van der Waals surface area contributed by atoms with Crippen LogP contribution in [0.15, 0.2) is 48.1 Å². The summed E-state index contributed by atoms with van der Waals surface area (Å²) in [6.07, 6.45) is 11.3. The number of rotatable bonds is 8. The fourth-order valence-electron chi connectivity index (χ4n) is 1.58. The molecule has 0 fully saturated rings. The van der Waals surface area contributed by atoms with E-state index in [0.717, 1.165) is 17.9 Å². The molecule has 0 saturated carbocycles. The van der Waals surface area contributed by atoms with E-state index < -0.39 is 0 Å². The van der Waals surface area contributed by atoms with Gasteiger partial charge in [-0.1, -0.05) is 68.9 Å². The zero-order chi connectivity index (χ0) is 15.3. The summed E-state index contributed by atoms with van der Waals surface area (Å²) in [6, 6.07) is 0. The molecule has 0 nitrogen and oxygen atoms in total. The Labute approximate surface area is 122 Å². The lowest BCUT2D eigenvalue weighted by molar-refractivity contribution is 0.498. The molecule has 110 valence electrons. The second-order valence-corrected chi connectivity index (χ2v) is 5.34. The van der Waals surface area contributed by atoms with Crippen molar-refractivity contribution >= 4 is 0 Å². The molecule has 1 unspecified atom stereocenters. The normalized spacial score (nSPS) is 11.5. The fourth-order valence-corrected chi connectivity index (χ4v) is 1.58. The fraction of sp³-hybridized carbons (Fsp3) is 0.579. The van der Waals surface area contributed by atoms with Gasteiger partial charge in [0.05, 0.1) is 0 Å². The minimum atomic E-state index is 0.778. The van der Waals surface area contributed by atoms with Crippen LogP contribution in [0.1, 0.15) is 67.2 Å². The van der Waals surface area contributed by atoms with Gasteiger partial charge in [0.25, 0.3) is 0 Å². The first-order valence-electron chi connectivity index (χ1n) is 7.56. The molecule has 0 rings (SSSR count). The standard InChI is InChI=1S/C17H28.C2H6/c1-14(2)8-7-9-16(5)12-13-17(6)11-10-15(3)4;1-2/h8,10-11,16H,3,6-7,9,12-13H2,1-2,4-5H3;1-2H3/b11-10-;. The van der Waals surface area contributed by atoms with Gasteiger partial charge in [-0.15, -0.1) is 0 Å². The number of allylic oxidation sites excluding steroid dienone is 6. The van der Waals surface area contributed by atoms with Gasteiger partial charge in [-0.25, -0.2) is 0 Å². The van der Waals surface area contributed by atoms with E-state index in [1.807, 2.05) is 26.8 Å². The van der Waals surface area contributed by atoms with E-state index >= 15 is 0 Å². The third kappa shape index (κ3) is 17.0. The van der Waals surface area contributed by atoms with E-state index in [0.29, 0.717) is 0 Å². The first-order chi connectivity index (χ1) is 8.91. The van der Waals surface area contributed by atoms with Gasteiger partial charge in [0.1, 0.15) is 0 Å². The summed E-state index contributed by atoms with van der Waals surface area (Å²) in [5.74, 6) is 0.778. The lowest BCUT2D eigenvalue weighted by Gasteiger charge is -2.09. The molecule has 0 saturated heterocycles. The van der Waals surface area contributed by atoms with Crippen molar-refractivity contribution in [1.29, 1.82) is 0 Å². The average Bonchev–Trinajstić information content (AvgIpc) is 2.35. The summed E-state index contributed by atoms with van der Waals surface area (Å²) in [6.45, 7) is 20.6. The quantitative estimate of drug-likeness (QED) is 0.331. The summed E-state index contributed by atoms with van der Waals surface area (Å²) < 4.78 is 0. The van der Waals surface area contributed by atoms with Crippen LogP contribution in [0, 0.1) is 5.92 Å². The maximum absolute atomic E-state index is 4.07. The molecule has 0 amide bonds. The van der Waals surface area contributed by atoms with Crippen molar-refractivity contribution in [2.75, 3.05) is 0 Å². The molecule has 0 aliphatic rings. The van der Waals surface area contributed by atoms with Crippen LogP contribution in [0.3, 0.4) is 0 Å². The summed E-state index contributed by atoms with van der Waals surface area (Å²) in [5.41, 5.74) is 3.72. The van der Waals surface area contributed by atoms with Crippen LogP contribution in [0.4, 0.5) is 0 Å². The molecule has 0 aromatic rings. The van der Waals surface area contributed by atoms with Gasteiger partial charge in [-0.05, 0) is 52.4 Å². The van der Waals surface area contributed by atoms with Crippen LogP contribution < -0.4 is 0 Å². The van der Waals surface area contributed by atoms with Crippen molar-refractivity contribution in [3.63, 3.8) is 0 Å². The first-order valence-corrected chi connectivity index (χ1v) is 7.56. The predicted octanol–water partition coefficient (Wildman–Crippen LogP) is 6.86. The molecule has 0 aromatic carbocycles. The van der Waals surface area contributed by atoms with E-state index in [-0.39, 0.29) is 0 Å². The summed E-state index contributed by atoms with van der Waals surface area (Å²) in [7, 11) is 0. The lowest BCUT2D eigenvalue weighted by atomic mass is 9.96. The molecule has 0 aliphatic heterocycles. The van der Waals surface area contributed by atoms with Crippen LogP contribution in [0.2, 0.25) is 0 Å². The Bertz CT molecular complexity index is 298. The molecule has 0 aromatic heterocycles. The third-order valence-electron chi connectivity index (χ3n) is 2.77. The smallest absolute Gasteiger partial charge is 0.0282 e. The topological polar surface area (TPSA) is 0 Å². The highest BCUT2D eigenvalue weighted by atomic mass is 14.1. The zero-order valence-electron chi connectivity index (χ0n) is 14.1. The minimum absolute atomic E-state index is 0.778. The van der Waals surface area contributed by atoms with Gasteiger partial charge >= 0.3 is 0 Å². The molecular formula is C19H34. The summed E-state index contributed by atoms with van der Waals surface area (Å²) in [5, 5.41) is 0. The van der Waals surface area contributed by atoms with Gasteiger partial charge in [0.2, 0.25) is 0 Å². The molecule has 0 N–H and O–H groups in total. The molecule has 0 radical (unpaired) electrons. The molecule has 0 bridgehead atoms. The van der Waals surface area contributed by atoms with Crippen molar-refractivity contribution in [1.82, 2.24) is 0 Å². The predicted molar refractivity (Wildman–Crippen MR) is 91.5 cm³/mol. The largest absolute Gasteiger partial charge is 0.0961 e. The van der Waals surface area contributed by atoms with Crippen molar-refractivity contribution in [2.24, 2.45) is 5.92 Å². The van der Waals surface area contributed by atoms with Gasteiger partial charge in [0, 0.05) is 0 Å². The Morgan fingerprint density at radius 3 is 2.05 bits per heavy atom. The van der Waals surface area contributed by atoms with E-state index in [9.17, 15) is 0 Å². The first kappa shape index (κ1) is 20.3. The van der Waals surface area contributed by atoms with Gasteiger partial charge in [-0.3, -0.25) is 0 Å². The van der Waals surface area contributed by atoms with E-state index in [1.54, 1.807) is 0 Å². The lowest BCUT2D eigenvalue weighted by Crippen LogP contribution is -1.94. The van der Waals surface area contributed by atoms with Crippen LogP contribution in [0.5, 0.6) is 0 Å². The monoisotopic (exact) mass is 262 g/mol. The Morgan fingerprint density at radius 2 is 1.58 bits per heavy atom. The molecule has 0 spiro atoms. The second kappa shape index (κ2) is 13.4. The highest BCUT2D eigenvalue weighted by Crippen LogP contribution is 2.17. The Hall–Kier alpha value is -1.04. The maximum atomic E-state index is 4.07. The Morgan fingerprint density at radius 1 is 1.00 bits per heavy atom. The van der Waals surface area contributed by atoms with E-state index in [2.05, 4.69) is 46.1 Å². The molecule has 1 atom stereocenters. The van der Waals surface area contributed by atoms with Crippen LogP contribution in [-0.2, 0) is 0 Å². The van der Waals surface area contributed by atoms with Crippen molar-refractivity contribution in [3.05, 3.63) is 48.1 Å². The zero-order valence-corrected chi connectivity index (χ0v) is 14.1. The Balaban J connectivity index is 0. The van der Waals surface area contributed by atoms with Crippen LogP contribution in [0.25, 0.3) is 0 Å². The molecule has 0 heteroatoms. The SMILES string of the molecule is C=C(C)/C=C\C(=C)CCC(C)CCC=C(C)C.CC. The van der Waals surface area contributed by atoms with E-state index in [1.165, 1.54) is 30.4 Å². The van der Waals surface area contributed by atoms with Crippen LogP contribution in [-0.4, -0.2) is 0 Å².